The average Bonchev–Trinajstić information content (AvgIpc) is 2.97. The Bertz CT molecular complexity index is 544. The molecule has 1 heterocycles. The van der Waals surface area contributed by atoms with Gasteiger partial charge < -0.3 is 20.6 Å². The van der Waals surface area contributed by atoms with E-state index in [1.807, 2.05) is 6.92 Å². The fourth-order valence-electron chi connectivity index (χ4n) is 2.62. The molecule has 128 valence electrons. The van der Waals surface area contributed by atoms with Gasteiger partial charge in [0, 0.05) is 38.0 Å². The zero-order valence-electron chi connectivity index (χ0n) is 13.2. The van der Waals surface area contributed by atoms with Crippen molar-refractivity contribution < 1.29 is 14.3 Å². The zero-order chi connectivity index (χ0) is 16.8. The molecule has 1 aromatic rings. The van der Waals surface area contributed by atoms with Crippen molar-refractivity contribution in [1.29, 1.82) is 0 Å². The Morgan fingerprint density at radius 2 is 2.35 bits per heavy atom. The number of halogens is 2. The molecule has 2 atom stereocenters. The molecule has 0 aromatic heterocycles. The first-order valence-corrected chi connectivity index (χ1v) is 8.22. The highest BCUT2D eigenvalue weighted by Gasteiger charge is 2.24. The number of hydrogen-bond donors (Lipinski definition) is 3. The van der Waals surface area contributed by atoms with Crippen molar-refractivity contribution in [2.24, 2.45) is 5.92 Å². The van der Waals surface area contributed by atoms with Crippen molar-refractivity contribution in [3.63, 3.8) is 0 Å². The summed E-state index contributed by atoms with van der Waals surface area (Å²) in [5.74, 6) is -0.187. The second-order valence-corrected chi connectivity index (χ2v) is 6.41. The molecular formula is C16H23ClFN3O2. The highest BCUT2D eigenvalue weighted by molar-refractivity contribution is 6.31. The highest BCUT2D eigenvalue weighted by atomic mass is 35.5. The van der Waals surface area contributed by atoms with Gasteiger partial charge in [0.25, 0.3) is 0 Å². The number of nitrogens with zero attached hydrogens (tertiary/aromatic N) is 1. The van der Waals surface area contributed by atoms with Crippen LogP contribution in [-0.2, 0) is 0 Å². The number of aliphatic hydroxyl groups is 1. The fraction of sp³-hybridized carbons (Fsp3) is 0.562. The monoisotopic (exact) mass is 343 g/mol. The van der Waals surface area contributed by atoms with Crippen LogP contribution < -0.4 is 15.5 Å². The summed E-state index contributed by atoms with van der Waals surface area (Å²) in [6, 6.07) is 4.51. The van der Waals surface area contributed by atoms with Crippen molar-refractivity contribution in [2.45, 2.75) is 25.8 Å². The van der Waals surface area contributed by atoms with Crippen LogP contribution in [-0.4, -0.2) is 43.4 Å². The molecule has 23 heavy (non-hydrogen) atoms. The third kappa shape index (κ3) is 5.25. The van der Waals surface area contributed by atoms with Crippen LogP contribution >= 0.6 is 11.6 Å². The van der Waals surface area contributed by atoms with Crippen LogP contribution in [0.1, 0.15) is 19.8 Å². The molecule has 0 bridgehead atoms. The molecule has 0 saturated carbocycles. The van der Waals surface area contributed by atoms with Gasteiger partial charge in [-0.05, 0) is 37.0 Å². The van der Waals surface area contributed by atoms with Crippen LogP contribution in [0.5, 0.6) is 0 Å². The van der Waals surface area contributed by atoms with E-state index in [9.17, 15) is 9.18 Å². The molecule has 2 amide bonds. The number of nitrogens with one attached hydrogen (secondary N) is 2. The van der Waals surface area contributed by atoms with Crippen LogP contribution in [0.3, 0.4) is 0 Å². The Balaban J connectivity index is 1.78. The van der Waals surface area contributed by atoms with Crippen LogP contribution in [0.15, 0.2) is 18.2 Å². The molecular weight excluding hydrogens is 321 g/mol. The van der Waals surface area contributed by atoms with Crippen molar-refractivity contribution in [3.05, 3.63) is 29.0 Å². The van der Waals surface area contributed by atoms with Gasteiger partial charge in [-0.15, -0.1) is 0 Å². The summed E-state index contributed by atoms with van der Waals surface area (Å²) in [5, 5.41) is 14.7. The molecule has 1 aliphatic rings. The van der Waals surface area contributed by atoms with E-state index >= 15 is 0 Å². The molecule has 1 fully saturated rings. The smallest absolute Gasteiger partial charge is 0.315 e. The molecule has 2 unspecified atom stereocenters. The van der Waals surface area contributed by atoms with Gasteiger partial charge in [0.1, 0.15) is 5.82 Å². The van der Waals surface area contributed by atoms with Gasteiger partial charge in [0.05, 0.1) is 5.02 Å². The molecule has 1 aliphatic heterocycles. The van der Waals surface area contributed by atoms with Crippen molar-refractivity contribution in [2.75, 3.05) is 31.1 Å². The third-order valence-electron chi connectivity index (χ3n) is 4.02. The predicted molar refractivity (Wildman–Crippen MR) is 89.4 cm³/mol. The third-order valence-corrected chi connectivity index (χ3v) is 4.31. The first kappa shape index (κ1) is 17.8. The topological polar surface area (TPSA) is 64.6 Å². The number of benzene rings is 1. The Morgan fingerprint density at radius 1 is 1.57 bits per heavy atom. The molecule has 5 nitrogen and oxygen atoms in total. The summed E-state index contributed by atoms with van der Waals surface area (Å²) < 4.78 is 13.2. The largest absolute Gasteiger partial charge is 0.396 e. The maximum atomic E-state index is 13.2. The maximum Gasteiger partial charge on any atom is 0.315 e. The van der Waals surface area contributed by atoms with E-state index in [4.69, 9.17) is 16.7 Å². The molecule has 1 aromatic carbocycles. The lowest BCUT2D eigenvalue weighted by Crippen LogP contribution is -2.44. The van der Waals surface area contributed by atoms with Crippen LogP contribution in [0, 0.1) is 11.7 Å². The van der Waals surface area contributed by atoms with Crippen LogP contribution in [0.25, 0.3) is 0 Å². The quantitative estimate of drug-likeness (QED) is 0.743. The van der Waals surface area contributed by atoms with Crippen molar-refractivity contribution in [1.82, 2.24) is 10.6 Å². The lowest BCUT2D eigenvalue weighted by molar-refractivity contribution is 0.231. The standard InChI is InChI=1S/C16H23ClFN3O2/c1-11(5-7-22)9-19-16(23)20-12-4-6-21(10-12)13-2-3-15(18)14(17)8-13/h2-3,8,11-12,22H,4-7,9-10H2,1H3,(H2,19,20,23). The number of aliphatic hydroxyl groups excluding tert-OH is 1. The van der Waals surface area contributed by atoms with Gasteiger partial charge in [-0.2, -0.15) is 0 Å². The predicted octanol–water partition coefficient (Wildman–Crippen LogP) is 2.38. The first-order valence-electron chi connectivity index (χ1n) is 7.84. The Labute approximate surface area is 140 Å². The number of urea groups is 1. The van der Waals surface area contributed by atoms with E-state index in [0.29, 0.717) is 19.5 Å². The number of carbonyl (C=O) groups excluding carboxylic acids is 1. The van der Waals surface area contributed by atoms with E-state index in [2.05, 4.69) is 15.5 Å². The van der Waals surface area contributed by atoms with Gasteiger partial charge in [-0.25, -0.2) is 9.18 Å². The minimum Gasteiger partial charge on any atom is -0.396 e. The minimum absolute atomic E-state index is 0.0481. The van der Waals surface area contributed by atoms with Gasteiger partial charge in [0.15, 0.2) is 0 Å². The Hall–Kier alpha value is -1.53. The summed E-state index contributed by atoms with van der Waals surface area (Å²) in [7, 11) is 0. The van der Waals surface area contributed by atoms with Gasteiger partial charge >= 0.3 is 6.03 Å². The van der Waals surface area contributed by atoms with Gasteiger partial charge in [-0.3, -0.25) is 0 Å². The Morgan fingerprint density at radius 3 is 3.04 bits per heavy atom. The zero-order valence-corrected chi connectivity index (χ0v) is 13.9. The number of carbonyl (C=O) groups is 1. The van der Waals surface area contributed by atoms with E-state index in [0.717, 1.165) is 18.7 Å². The number of amides is 2. The van der Waals surface area contributed by atoms with Crippen molar-refractivity contribution >= 4 is 23.3 Å². The normalized spacial score (nSPS) is 18.8. The molecule has 7 heteroatoms. The second-order valence-electron chi connectivity index (χ2n) is 6.00. The number of hydrogen-bond acceptors (Lipinski definition) is 3. The van der Waals surface area contributed by atoms with Crippen LogP contribution in [0.4, 0.5) is 14.9 Å². The molecule has 3 N–H and O–H groups in total. The molecule has 0 spiro atoms. The summed E-state index contributed by atoms with van der Waals surface area (Å²) in [4.78, 5) is 13.9. The van der Waals surface area contributed by atoms with E-state index in [1.165, 1.54) is 6.07 Å². The molecule has 0 radical (unpaired) electrons. The van der Waals surface area contributed by atoms with E-state index < -0.39 is 5.82 Å². The first-order chi connectivity index (χ1) is 11.0. The second kappa shape index (κ2) is 8.36. The molecule has 2 rings (SSSR count). The summed E-state index contributed by atoms with van der Waals surface area (Å²) in [5.41, 5.74) is 0.859. The molecule has 1 saturated heterocycles. The van der Waals surface area contributed by atoms with E-state index in [-0.39, 0.29) is 29.6 Å². The highest BCUT2D eigenvalue weighted by Crippen LogP contribution is 2.25. The SMILES string of the molecule is CC(CCO)CNC(=O)NC1CCN(c2ccc(F)c(Cl)c2)C1. The minimum atomic E-state index is -0.430. The average molecular weight is 344 g/mol. The molecule has 0 aliphatic carbocycles. The lowest BCUT2D eigenvalue weighted by Gasteiger charge is -2.20. The lowest BCUT2D eigenvalue weighted by atomic mass is 10.1. The Kier molecular flexibility index (Phi) is 6.47. The summed E-state index contributed by atoms with van der Waals surface area (Å²) in [6.07, 6.45) is 1.50. The summed E-state index contributed by atoms with van der Waals surface area (Å²) >= 11 is 5.81. The van der Waals surface area contributed by atoms with Gasteiger partial charge in [0.2, 0.25) is 0 Å². The van der Waals surface area contributed by atoms with Gasteiger partial charge in [-0.1, -0.05) is 18.5 Å². The number of rotatable bonds is 6. The maximum absolute atomic E-state index is 13.2. The fourth-order valence-corrected chi connectivity index (χ4v) is 2.79. The van der Waals surface area contributed by atoms with Crippen molar-refractivity contribution in [3.8, 4) is 0 Å². The number of anilines is 1. The van der Waals surface area contributed by atoms with Crippen LogP contribution in [0.2, 0.25) is 5.02 Å². The summed E-state index contributed by atoms with van der Waals surface area (Å²) in [6.45, 7) is 4.10. The van der Waals surface area contributed by atoms with E-state index in [1.54, 1.807) is 12.1 Å².